The molecule has 0 amide bonds. The third-order valence-electron chi connectivity index (χ3n) is 4.01. The fourth-order valence-electron chi connectivity index (χ4n) is 2.86. The summed E-state index contributed by atoms with van der Waals surface area (Å²) in [7, 11) is 0. The van der Waals surface area contributed by atoms with Gasteiger partial charge in [0.25, 0.3) is 0 Å². The summed E-state index contributed by atoms with van der Waals surface area (Å²) < 4.78 is 3.52. The van der Waals surface area contributed by atoms with Crippen molar-refractivity contribution in [2.24, 2.45) is 17.8 Å². The minimum atomic E-state index is 0.466. The number of alkyl halides is 1. The zero-order chi connectivity index (χ0) is 14.9. The van der Waals surface area contributed by atoms with E-state index < -0.39 is 0 Å². The highest BCUT2D eigenvalue weighted by molar-refractivity contribution is 14.1. The summed E-state index contributed by atoms with van der Waals surface area (Å²) in [4.78, 5) is 4.69. The molecule has 0 atom stereocenters. The highest BCUT2D eigenvalue weighted by atomic mass is 127. The maximum absolute atomic E-state index is 6.10. The van der Waals surface area contributed by atoms with Gasteiger partial charge in [0.1, 0.15) is 5.82 Å². The van der Waals surface area contributed by atoms with Crippen molar-refractivity contribution in [2.45, 2.75) is 40.1 Å². The second-order valence-corrected chi connectivity index (χ2v) is 7.57. The average Bonchev–Trinajstić information content (AvgIpc) is 2.71. The third-order valence-corrected chi connectivity index (χ3v) is 4.92. The molecule has 1 heterocycles. The number of aromatic nitrogens is 2. The first-order valence-corrected chi connectivity index (χ1v) is 8.76. The van der Waals surface area contributed by atoms with Gasteiger partial charge in [0.2, 0.25) is 0 Å². The van der Waals surface area contributed by atoms with Gasteiger partial charge >= 0.3 is 0 Å². The molecule has 0 fully saturated rings. The molecule has 0 saturated heterocycles. The van der Waals surface area contributed by atoms with Gasteiger partial charge in [-0.05, 0) is 58.5 Å². The first-order valence-electron chi connectivity index (χ1n) is 7.14. The summed E-state index contributed by atoms with van der Waals surface area (Å²) in [5.41, 5.74) is 2.26. The smallest absolute Gasteiger partial charge is 0.124 e. The van der Waals surface area contributed by atoms with E-state index in [9.17, 15) is 0 Å². The van der Waals surface area contributed by atoms with E-state index in [2.05, 4.69) is 78.0 Å². The summed E-state index contributed by atoms with van der Waals surface area (Å²) in [5, 5.41) is 0. The van der Waals surface area contributed by atoms with Crippen LogP contribution in [0.25, 0.3) is 11.0 Å². The molecule has 4 heteroatoms. The van der Waals surface area contributed by atoms with Crippen LogP contribution < -0.4 is 0 Å². The van der Waals surface area contributed by atoms with Gasteiger partial charge in [0, 0.05) is 10.1 Å². The van der Waals surface area contributed by atoms with E-state index in [0.29, 0.717) is 23.6 Å². The maximum atomic E-state index is 6.10. The summed E-state index contributed by atoms with van der Waals surface area (Å²) in [6.45, 7) is 10.2. The van der Waals surface area contributed by atoms with E-state index in [1.54, 1.807) is 0 Å². The zero-order valence-electron chi connectivity index (χ0n) is 12.5. The van der Waals surface area contributed by atoms with Crippen LogP contribution in [0.4, 0.5) is 0 Å². The Morgan fingerprint density at radius 2 is 1.85 bits per heavy atom. The van der Waals surface area contributed by atoms with E-state index in [4.69, 9.17) is 11.6 Å². The third kappa shape index (κ3) is 3.30. The number of halogens is 2. The van der Waals surface area contributed by atoms with Crippen molar-refractivity contribution in [2.75, 3.05) is 0 Å². The van der Waals surface area contributed by atoms with E-state index in [0.717, 1.165) is 17.9 Å². The highest BCUT2D eigenvalue weighted by Crippen LogP contribution is 2.27. The van der Waals surface area contributed by atoms with Crippen LogP contribution in [0.3, 0.4) is 0 Å². The van der Waals surface area contributed by atoms with Crippen molar-refractivity contribution < 1.29 is 0 Å². The van der Waals surface area contributed by atoms with Crippen LogP contribution in [0.1, 0.15) is 33.5 Å². The number of benzene rings is 1. The monoisotopic (exact) mass is 404 g/mol. The van der Waals surface area contributed by atoms with Crippen molar-refractivity contribution in [3.05, 3.63) is 27.6 Å². The lowest BCUT2D eigenvalue weighted by Gasteiger charge is -2.26. The van der Waals surface area contributed by atoms with Crippen LogP contribution in [-0.2, 0) is 12.4 Å². The quantitative estimate of drug-likeness (QED) is 0.488. The van der Waals surface area contributed by atoms with Crippen LogP contribution >= 0.6 is 34.2 Å². The molecule has 0 aliphatic carbocycles. The first kappa shape index (κ1) is 16.1. The Hall–Kier alpha value is -0.290. The Bertz CT molecular complexity index is 581. The molecule has 0 aliphatic rings. The maximum Gasteiger partial charge on any atom is 0.124 e. The van der Waals surface area contributed by atoms with Gasteiger partial charge in [-0.1, -0.05) is 27.7 Å². The zero-order valence-corrected chi connectivity index (χ0v) is 15.4. The molecule has 2 aromatic rings. The number of fused-ring (bicyclic) bond motifs is 1. The molecule has 0 saturated carbocycles. The van der Waals surface area contributed by atoms with Crippen molar-refractivity contribution in [3.63, 3.8) is 0 Å². The molecule has 2 nitrogen and oxygen atoms in total. The van der Waals surface area contributed by atoms with Crippen LogP contribution in [-0.4, -0.2) is 9.55 Å². The van der Waals surface area contributed by atoms with Crippen LogP contribution in [0.15, 0.2) is 18.2 Å². The molecule has 0 radical (unpaired) electrons. The van der Waals surface area contributed by atoms with Gasteiger partial charge in [0.05, 0.1) is 16.9 Å². The minimum Gasteiger partial charge on any atom is -0.327 e. The largest absolute Gasteiger partial charge is 0.327 e. The van der Waals surface area contributed by atoms with Gasteiger partial charge < -0.3 is 4.57 Å². The van der Waals surface area contributed by atoms with E-state index >= 15 is 0 Å². The van der Waals surface area contributed by atoms with Crippen molar-refractivity contribution >= 4 is 45.2 Å². The average molecular weight is 405 g/mol. The first-order chi connectivity index (χ1) is 9.43. The van der Waals surface area contributed by atoms with Crippen molar-refractivity contribution in [3.8, 4) is 0 Å². The molecule has 110 valence electrons. The number of hydrogen-bond acceptors (Lipinski definition) is 1. The lowest BCUT2D eigenvalue weighted by molar-refractivity contribution is 0.252. The Morgan fingerprint density at radius 1 is 1.20 bits per heavy atom. The molecule has 0 unspecified atom stereocenters. The molecule has 0 spiro atoms. The number of imidazole rings is 1. The molecule has 0 aliphatic heterocycles. The summed E-state index contributed by atoms with van der Waals surface area (Å²) in [5.74, 6) is 3.39. The molecule has 0 bridgehead atoms. The molecule has 0 N–H and O–H groups in total. The Balaban J connectivity index is 2.46. The number of rotatable bonds is 5. The fraction of sp³-hybridized carbons (Fsp3) is 0.562. The summed E-state index contributed by atoms with van der Waals surface area (Å²) >= 11 is 8.43. The molecule has 1 aromatic carbocycles. The van der Waals surface area contributed by atoms with Gasteiger partial charge in [-0.25, -0.2) is 4.98 Å². The summed E-state index contributed by atoms with van der Waals surface area (Å²) in [6, 6.07) is 6.43. The summed E-state index contributed by atoms with van der Waals surface area (Å²) in [6.07, 6.45) is 0. The Kier molecular flexibility index (Phi) is 5.35. The highest BCUT2D eigenvalue weighted by Gasteiger charge is 2.21. The Morgan fingerprint density at radius 3 is 2.40 bits per heavy atom. The Labute approximate surface area is 140 Å². The number of hydrogen-bond donors (Lipinski definition) is 0. The van der Waals surface area contributed by atoms with Gasteiger partial charge in [-0.3, -0.25) is 0 Å². The van der Waals surface area contributed by atoms with Gasteiger partial charge in [-0.15, -0.1) is 11.6 Å². The topological polar surface area (TPSA) is 17.8 Å². The lowest BCUT2D eigenvalue weighted by atomic mass is 9.85. The number of nitrogens with zero attached hydrogens (tertiary/aromatic N) is 2. The predicted octanol–water partition coefficient (Wildman–Crippen LogP) is 5.31. The second kappa shape index (κ2) is 6.65. The van der Waals surface area contributed by atoms with Crippen molar-refractivity contribution in [1.29, 1.82) is 0 Å². The second-order valence-electron chi connectivity index (χ2n) is 6.06. The predicted molar refractivity (Wildman–Crippen MR) is 95.2 cm³/mol. The van der Waals surface area contributed by atoms with Gasteiger partial charge in [0.15, 0.2) is 0 Å². The SMILES string of the molecule is CC(C)C(Cn1c(CCl)nc2cc(I)ccc21)C(C)C. The molecule has 20 heavy (non-hydrogen) atoms. The van der Waals surface area contributed by atoms with Crippen LogP contribution in [0, 0.1) is 21.3 Å². The van der Waals surface area contributed by atoms with Crippen molar-refractivity contribution in [1.82, 2.24) is 9.55 Å². The van der Waals surface area contributed by atoms with E-state index in [1.807, 2.05) is 0 Å². The van der Waals surface area contributed by atoms with E-state index in [1.165, 1.54) is 9.09 Å². The lowest BCUT2D eigenvalue weighted by Crippen LogP contribution is -2.22. The molecule has 1 aromatic heterocycles. The molecular weight excluding hydrogens is 383 g/mol. The minimum absolute atomic E-state index is 0.466. The molecule has 2 rings (SSSR count). The standard InChI is InChI=1S/C16H22ClIN2/c1-10(2)13(11(3)4)9-20-15-6-5-12(18)7-14(15)19-16(20)8-17/h5-7,10-11,13H,8-9H2,1-4H3. The van der Waals surface area contributed by atoms with Crippen LogP contribution in [0.5, 0.6) is 0 Å². The normalized spacial score (nSPS) is 12.2. The van der Waals surface area contributed by atoms with Crippen LogP contribution in [0.2, 0.25) is 0 Å². The van der Waals surface area contributed by atoms with E-state index in [-0.39, 0.29) is 0 Å². The molecular formula is C16H22ClIN2. The van der Waals surface area contributed by atoms with Gasteiger partial charge in [-0.2, -0.15) is 0 Å². The fourth-order valence-corrected chi connectivity index (χ4v) is 3.54.